The van der Waals surface area contributed by atoms with Crippen LogP contribution in [0, 0.1) is 20.8 Å². The minimum absolute atomic E-state index is 0.284. The molecule has 7 heteroatoms. The highest BCUT2D eigenvalue weighted by Crippen LogP contribution is 2.06. The Balaban J connectivity index is 1.89. The Hall–Kier alpha value is -2.02. The lowest BCUT2D eigenvalue weighted by atomic mass is 10.3. The first-order chi connectivity index (χ1) is 9.95. The molecule has 0 saturated carbocycles. The van der Waals surface area contributed by atoms with Crippen LogP contribution in [-0.4, -0.2) is 31.3 Å². The van der Waals surface area contributed by atoms with Gasteiger partial charge in [0.1, 0.15) is 10.7 Å². The molecule has 2 rings (SSSR count). The van der Waals surface area contributed by atoms with Gasteiger partial charge in [-0.05, 0) is 39.3 Å². The van der Waals surface area contributed by atoms with Crippen LogP contribution < -0.4 is 11.1 Å². The molecule has 0 aromatic carbocycles. The quantitative estimate of drug-likeness (QED) is 0.625. The number of anilines is 1. The fourth-order valence-corrected chi connectivity index (χ4v) is 2.21. The van der Waals surface area contributed by atoms with Gasteiger partial charge in [0.25, 0.3) is 0 Å². The predicted molar refractivity (Wildman–Crippen MR) is 87.5 cm³/mol. The first-order valence-electron chi connectivity index (χ1n) is 6.86. The molecule has 0 atom stereocenters. The molecule has 0 saturated heterocycles. The van der Waals surface area contributed by atoms with Crippen molar-refractivity contribution in [1.29, 1.82) is 0 Å². The topological polar surface area (TPSA) is 81.6 Å². The Morgan fingerprint density at radius 1 is 1.24 bits per heavy atom. The van der Waals surface area contributed by atoms with Crippen molar-refractivity contribution in [2.45, 2.75) is 33.7 Å². The Labute approximate surface area is 129 Å². The lowest BCUT2D eigenvalue weighted by Crippen LogP contribution is -2.16. The van der Waals surface area contributed by atoms with E-state index in [9.17, 15) is 0 Å². The summed E-state index contributed by atoms with van der Waals surface area (Å²) >= 11 is 4.95. The van der Waals surface area contributed by atoms with Crippen molar-refractivity contribution < 1.29 is 0 Å². The average molecular weight is 304 g/mol. The van der Waals surface area contributed by atoms with Crippen LogP contribution in [0.5, 0.6) is 0 Å². The summed E-state index contributed by atoms with van der Waals surface area (Å²) < 4.78 is 2.01. The Morgan fingerprint density at radius 3 is 2.62 bits per heavy atom. The summed E-state index contributed by atoms with van der Waals surface area (Å²) in [5.74, 6) is 0.561. The van der Waals surface area contributed by atoms with Crippen molar-refractivity contribution in [2.24, 2.45) is 5.73 Å². The molecule has 0 bridgehead atoms. The molecule has 0 aliphatic heterocycles. The van der Waals surface area contributed by atoms with Crippen molar-refractivity contribution in [3.63, 3.8) is 0 Å². The number of hydrogen-bond acceptors (Lipinski definition) is 5. The van der Waals surface area contributed by atoms with E-state index in [0.29, 0.717) is 11.6 Å². The standard InChI is InChI=1S/C14H20N6S/c1-9-8-12(13(15)21)18-14(17-9)16-5-4-6-20-11(3)7-10(2)19-20/h7-8H,4-6H2,1-3H3,(H2,15,21)(H,16,17,18). The zero-order chi connectivity index (χ0) is 15.4. The molecular weight excluding hydrogens is 284 g/mol. The summed E-state index contributed by atoms with van der Waals surface area (Å²) in [6.45, 7) is 7.58. The molecule has 0 radical (unpaired) electrons. The van der Waals surface area contributed by atoms with Crippen molar-refractivity contribution >= 4 is 23.2 Å². The molecule has 3 N–H and O–H groups in total. The number of nitrogens with one attached hydrogen (secondary N) is 1. The molecule has 0 amide bonds. The Kier molecular flexibility index (Phi) is 4.85. The van der Waals surface area contributed by atoms with Gasteiger partial charge < -0.3 is 11.1 Å². The van der Waals surface area contributed by atoms with E-state index in [1.807, 2.05) is 18.5 Å². The van der Waals surface area contributed by atoms with Crippen LogP contribution in [-0.2, 0) is 6.54 Å². The maximum atomic E-state index is 5.60. The Bertz CT molecular complexity index is 649. The van der Waals surface area contributed by atoms with E-state index in [0.717, 1.165) is 30.9 Å². The van der Waals surface area contributed by atoms with E-state index in [-0.39, 0.29) is 4.99 Å². The molecule has 0 fully saturated rings. The molecule has 0 aliphatic carbocycles. The molecule has 2 aromatic heterocycles. The van der Waals surface area contributed by atoms with Gasteiger partial charge >= 0.3 is 0 Å². The minimum Gasteiger partial charge on any atom is -0.388 e. The third-order valence-corrected chi connectivity index (χ3v) is 3.25. The number of aromatic nitrogens is 4. The summed E-state index contributed by atoms with van der Waals surface area (Å²) in [7, 11) is 0. The minimum atomic E-state index is 0.284. The summed E-state index contributed by atoms with van der Waals surface area (Å²) in [4.78, 5) is 8.89. The molecule has 0 spiro atoms. The van der Waals surface area contributed by atoms with Crippen molar-refractivity contribution in [2.75, 3.05) is 11.9 Å². The molecule has 2 heterocycles. The van der Waals surface area contributed by atoms with Gasteiger partial charge in [-0.15, -0.1) is 0 Å². The van der Waals surface area contributed by atoms with Crippen molar-refractivity contribution in [3.8, 4) is 0 Å². The molecule has 2 aromatic rings. The van der Waals surface area contributed by atoms with Gasteiger partial charge in [-0.2, -0.15) is 5.10 Å². The van der Waals surface area contributed by atoms with Gasteiger partial charge in [-0.25, -0.2) is 9.97 Å². The lowest BCUT2D eigenvalue weighted by molar-refractivity contribution is 0.573. The number of rotatable bonds is 6. The first kappa shape index (κ1) is 15.4. The Morgan fingerprint density at radius 2 is 2.00 bits per heavy atom. The van der Waals surface area contributed by atoms with Gasteiger partial charge in [0, 0.05) is 24.5 Å². The molecule has 0 unspecified atom stereocenters. The smallest absolute Gasteiger partial charge is 0.223 e. The number of hydrogen-bond donors (Lipinski definition) is 2. The highest BCUT2D eigenvalue weighted by molar-refractivity contribution is 7.80. The van der Waals surface area contributed by atoms with Gasteiger partial charge in [0.2, 0.25) is 5.95 Å². The van der Waals surface area contributed by atoms with Crippen LogP contribution >= 0.6 is 12.2 Å². The first-order valence-corrected chi connectivity index (χ1v) is 7.27. The fraction of sp³-hybridized carbons (Fsp3) is 0.429. The largest absolute Gasteiger partial charge is 0.388 e. The van der Waals surface area contributed by atoms with E-state index in [2.05, 4.69) is 33.4 Å². The molecule has 0 aliphatic rings. The second-order valence-corrected chi connectivity index (χ2v) is 5.45. The molecule has 21 heavy (non-hydrogen) atoms. The van der Waals surface area contributed by atoms with E-state index >= 15 is 0 Å². The molecular formula is C14H20N6S. The second kappa shape index (κ2) is 6.62. The van der Waals surface area contributed by atoms with Gasteiger partial charge in [-0.3, -0.25) is 4.68 Å². The number of aryl methyl sites for hydroxylation is 4. The SMILES string of the molecule is Cc1cc(C(N)=S)nc(NCCCn2nc(C)cc2C)n1. The third kappa shape index (κ3) is 4.22. The van der Waals surface area contributed by atoms with E-state index in [1.165, 1.54) is 5.69 Å². The maximum Gasteiger partial charge on any atom is 0.223 e. The van der Waals surface area contributed by atoms with Crippen molar-refractivity contribution in [3.05, 3.63) is 34.9 Å². The lowest BCUT2D eigenvalue weighted by Gasteiger charge is -2.08. The average Bonchev–Trinajstić information content (AvgIpc) is 2.72. The summed E-state index contributed by atoms with van der Waals surface area (Å²) in [6.07, 6.45) is 0.932. The summed E-state index contributed by atoms with van der Waals surface area (Å²) in [6, 6.07) is 3.86. The van der Waals surface area contributed by atoms with E-state index in [1.54, 1.807) is 6.07 Å². The summed E-state index contributed by atoms with van der Waals surface area (Å²) in [5, 5.41) is 7.63. The normalized spacial score (nSPS) is 10.6. The van der Waals surface area contributed by atoms with Crippen LogP contribution in [0.15, 0.2) is 12.1 Å². The highest BCUT2D eigenvalue weighted by Gasteiger charge is 2.04. The summed E-state index contributed by atoms with van der Waals surface area (Å²) in [5.41, 5.74) is 9.26. The third-order valence-electron chi connectivity index (χ3n) is 3.04. The zero-order valence-electron chi connectivity index (χ0n) is 12.6. The fourth-order valence-electron chi connectivity index (χ4n) is 2.10. The monoisotopic (exact) mass is 304 g/mol. The molecule has 6 nitrogen and oxygen atoms in total. The van der Waals surface area contributed by atoms with Gasteiger partial charge in [0.15, 0.2) is 0 Å². The van der Waals surface area contributed by atoms with E-state index < -0.39 is 0 Å². The second-order valence-electron chi connectivity index (χ2n) is 5.01. The number of nitrogens with zero attached hydrogens (tertiary/aromatic N) is 4. The van der Waals surface area contributed by atoms with Crippen molar-refractivity contribution in [1.82, 2.24) is 19.7 Å². The van der Waals surface area contributed by atoms with Crippen LogP contribution in [0.25, 0.3) is 0 Å². The number of nitrogens with two attached hydrogens (primary N) is 1. The highest BCUT2D eigenvalue weighted by atomic mass is 32.1. The van der Waals surface area contributed by atoms with Crippen LogP contribution in [0.2, 0.25) is 0 Å². The van der Waals surface area contributed by atoms with Crippen LogP contribution in [0.4, 0.5) is 5.95 Å². The van der Waals surface area contributed by atoms with Gasteiger partial charge in [-0.1, -0.05) is 12.2 Å². The van der Waals surface area contributed by atoms with E-state index in [4.69, 9.17) is 18.0 Å². The maximum absolute atomic E-state index is 5.60. The van der Waals surface area contributed by atoms with Gasteiger partial charge in [0.05, 0.1) is 5.69 Å². The molecule has 112 valence electrons. The number of thiocarbonyl (C=S) groups is 1. The van der Waals surface area contributed by atoms with Crippen LogP contribution in [0.1, 0.15) is 29.2 Å². The van der Waals surface area contributed by atoms with Crippen LogP contribution in [0.3, 0.4) is 0 Å². The predicted octanol–water partition coefficient (Wildman–Crippen LogP) is 1.73. The zero-order valence-corrected chi connectivity index (χ0v) is 13.4.